The first-order chi connectivity index (χ1) is 7.70. The van der Waals surface area contributed by atoms with Gasteiger partial charge >= 0.3 is 0 Å². The number of halogens is 1. The molecular formula is C10H13BrN2O2S. The monoisotopic (exact) mass is 304 g/mol. The van der Waals surface area contributed by atoms with Crippen molar-refractivity contribution in [2.75, 3.05) is 19.5 Å². The number of nitrogens with zero attached hydrogens (tertiary/aromatic N) is 1. The summed E-state index contributed by atoms with van der Waals surface area (Å²) < 4.78 is 5.79. The molecule has 0 saturated carbocycles. The number of methoxy groups -OCH3 is 1. The summed E-state index contributed by atoms with van der Waals surface area (Å²) in [5, 5.41) is 11.7. The van der Waals surface area contributed by atoms with E-state index in [0.29, 0.717) is 12.2 Å². The zero-order valence-corrected chi connectivity index (χ0v) is 11.2. The van der Waals surface area contributed by atoms with Crippen LogP contribution in [0.5, 0.6) is 0 Å². The Bertz CT molecular complexity index is 385. The second-order valence-corrected chi connectivity index (χ2v) is 4.93. The molecule has 4 nitrogen and oxygen atoms in total. The van der Waals surface area contributed by atoms with Crippen LogP contribution in [0.4, 0.5) is 0 Å². The molecular weight excluding hydrogens is 292 g/mol. The smallest absolute Gasteiger partial charge is 0.172 e. The molecule has 0 unspecified atom stereocenters. The Morgan fingerprint density at radius 1 is 1.62 bits per heavy atom. The molecule has 1 rings (SSSR count). The number of hydrogen-bond acceptors (Lipinski definition) is 4. The number of nitrogens with two attached hydrogens (primary N) is 1. The summed E-state index contributed by atoms with van der Waals surface area (Å²) in [4.78, 5) is 0.960. The molecule has 88 valence electrons. The third-order valence-corrected chi connectivity index (χ3v) is 3.57. The SMILES string of the molecule is COCCSc1cccc(Br)c1/C(N)=N/O. The summed E-state index contributed by atoms with van der Waals surface area (Å²) in [6, 6.07) is 5.69. The van der Waals surface area contributed by atoms with Gasteiger partial charge in [-0.2, -0.15) is 0 Å². The van der Waals surface area contributed by atoms with E-state index in [1.54, 1.807) is 18.9 Å². The van der Waals surface area contributed by atoms with Gasteiger partial charge in [0.2, 0.25) is 0 Å². The van der Waals surface area contributed by atoms with Crippen LogP contribution in [0.1, 0.15) is 5.56 Å². The highest BCUT2D eigenvalue weighted by Gasteiger charge is 2.11. The summed E-state index contributed by atoms with van der Waals surface area (Å²) in [5.41, 5.74) is 6.34. The van der Waals surface area contributed by atoms with E-state index in [9.17, 15) is 0 Å². The number of thioether (sulfide) groups is 1. The van der Waals surface area contributed by atoms with E-state index in [-0.39, 0.29) is 5.84 Å². The lowest BCUT2D eigenvalue weighted by atomic mass is 10.2. The predicted octanol–water partition coefficient (Wildman–Crippen LogP) is 2.28. The van der Waals surface area contributed by atoms with Gasteiger partial charge in [-0.25, -0.2) is 0 Å². The fourth-order valence-corrected chi connectivity index (χ4v) is 2.86. The highest BCUT2D eigenvalue weighted by atomic mass is 79.9. The maximum Gasteiger partial charge on any atom is 0.172 e. The first kappa shape index (κ1) is 13.3. The lowest BCUT2D eigenvalue weighted by molar-refractivity contribution is 0.218. The first-order valence-corrected chi connectivity index (χ1v) is 6.36. The number of amidine groups is 1. The fourth-order valence-electron chi connectivity index (χ4n) is 1.16. The van der Waals surface area contributed by atoms with E-state index in [2.05, 4.69) is 21.1 Å². The van der Waals surface area contributed by atoms with Gasteiger partial charge in [0.15, 0.2) is 5.84 Å². The summed E-state index contributed by atoms with van der Waals surface area (Å²) in [6.45, 7) is 0.660. The van der Waals surface area contributed by atoms with E-state index < -0.39 is 0 Å². The van der Waals surface area contributed by atoms with Gasteiger partial charge in [-0.05, 0) is 28.1 Å². The van der Waals surface area contributed by atoms with Crippen LogP contribution in [0, 0.1) is 0 Å². The molecule has 6 heteroatoms. The number of hydrogen-bond donors (Lipinski definition) is 2. The van der Waals surface area contributed by atoms with E-state index in [0.717, 1.165) is 15.1 Å². The molecule has 3 N–H and O–H groups in total. The van der Waals surface area contributed by atoms with Crippen molar-refractivity contribution < 1.29 is 9.94 Å². The third kappa shape index (κ3) is 3.40. The number of rotatable bonds is 5. The highest BCUT2D eigenvalue weighted by Crippen LogP contribution is 2.28. The average molecular weight is 305 g/mol. The van der Waals surface area contributed by atoms with Gasteiger partial charge in [-0.3, -0.25) is 0 Å². The summed E-state index contributed by atoms with van der Waals surface area (Å²) >= 11 is 4.98. The molecule has 0 heterocycles. The number of oxime groups is 1. The van der Waals surface area contributed by atoms with E-state index >= 15 is 0 Å². The molecule has 0 amide bonds. The zero-order valence-electron chi connectivity index (χ0n) is 8.81. The molecule has 16 heavy (non-hydrogen) atoms. The minimum atomic E-state index is 0.104. The average Bonchev–Trinajstić information content (AvgIpc) is 2.29. The largest absolute Gasteiger partial charge is 0.409 e. The second-order valence-electron chi connectivity index (χ2n) is 2.94. The molecule has 0 aromatic heterocycles. The quantitative estimate of drug-likeness (QED) is 0.219. The van der Waals surface area contributed by atoms with Gasteiger partial charge in [0.25, 0.3) is 0 Å². The second kappa shape index (κ2) is 6.78. The summed E-state index contributed by atoms with van der Waals surface area (Å²) in [6.07, 6.45) is 0. The topological polar surface area (TPSA) is 67.8 Å². The minimum Gasteiger partial charge on any atom is -0.409 e. The van der Waals surface area contributed by atoms with Crippen molar-refractivity contribution in [3.8, 4) is 0 Å². The van der Waals surface area contributed by atoms with Crippen LogP contribution < -0.4 is 5.73 Å². The van der Waals surface area contributed by atoms with Crippen LogP contribution in [-0.2, 0) is 4.74 Å². The molecule has 0 radical (unpaired) electrons. The maximum absolute atomic E-state index is 8.72. The van der Waals surface area contributed by atoms with Gasteiger partial charge in [0.1, 0.15) is 0 Å². The van der Waals surface area contributed by atoms with E-state index in [4.69, 9.17) is 15.7 Å². The molecule has 0 fully saturated rings. The van der Waals surface area contributed by atoms with Crippen molar-refractivity contribution in [1.82, 2.24) is 0 Å². The minimum absolute atomic E-state index is 0.104. The van der Waals surface area contributed by atoms with Crippen molar-refractivity contribution in [2.45, 2.75) is 4.90 Å². The van der Waals surface area contributed by atoms with Crippen molar-refractivity contribution in [2.24, 2.45) is 10.9 Å². The van der Waals surface area contributed by atoms with Gasteiger partial charge in [0, 0.05) is 27.8 Å². The van der Waals surface area contributed by atoms with Gasteiger partial charge < -0.3 is 15.7 Å². The Balaban J connectivity index is 2.94. The van der Waals surface area contributed by atoms with Crippen LogP contribution >= 0.6 is 27.7 Å². The molecule has 1 aromatic carbocycles. The highest BCUT2D eigenvalue weighted by molar-refractivity contribution is 9.10. The van der Waals surface area contributed by atoms with Crippen molar-refractivity contribution in [3.63, 3.8) is 0 Å². The Hall–Kier alpha value is -0.720. The van der Waals surface area contributed by atoms with Crippen molar-refractivity contribution >= 4 is 33.5 Å². The van der Waals surface area contributed by atoms with Crippen LogP contribution in [0.2, 0.25) is 0 Å². The van der Waals surface area contributed by atoms with Crippen LogP contribution in [0.3, 0.4) is 0 Å². The van der Waals surface area contributed by atoms with E-state index in [1.165, 1.54) is 0 Å². The van der Waals surface area contributed by atoms with Gasteiger partial charge in [-0.15, -0.1) is 11.8 Å². The number of benzene rings is 1. The van der Waals surface area contributed by atoms with Gasteiger partial charge in [0.05, 0.1) is 6.61 Å². The lowest BCUT2D eigenvalue weighted by Gasteiger charge is -2.09. The maximum atomic E-state index is 8.72. The van der Waals surface area contributed by atoms with Crippen LogP contribution in [0.25, 0.3) is 0 Å². The first-order valence-electron chi connectivity index (χ1n) is 4.59. The Labute approximate surface area is 107 Å². The molecule has 0 aliphatic heterocycles. The molecule has 0 bridgehead atoms. The summed E-state index contributed by atoms with van der Waals surface area (Å²) in [7, 11) is 1.66. The summed E-state index contributed by atoms with van der Waals surface area (Å²) in [5.74, 6) is 0.922. The van der Waals surface area contributed by atoms with Crippen molar-refractivity contribution in [1.29, 1.82) is 0 Å². The Kier molecular flexibility index (Phi) is 5.65. The zero-order chi connectivity index (χ0) is 12.0. The predicted molar refractivity (Wildman–Crippen MR) is 69.3 cm³/mol. The molecule has 0 aliphatic carbocycles. The molecule has 0 atom stereocenters. The molecule has 0 aliphatic rings. The Morgan fingerprint density at radius 2 is 2.38 bits per heavy atom. The number of ether oxygens (including phenoxy) is 1. The standard InChI is InChI=1S/C10H13BrN2O2S/c1-15-5-6-16-8-4-2-3-7(11)9(8)10(12)13-14/h2-4,14H,5-6H2,1H3,(H2,12,13). The third-order valence-electron chi connectivity index (χ3n) is 1.88. The lowest BCUT2D eigenvalue weighted by Crippen LogP contribution is -2.15. The van der Waals surface area contributed by atoms with Gasteiger partial charge in [-0.1, -0.05) is 11.2 Å². The van der Waals surface area contributed by atoms with E-state index in [1.807, 2.05) is 18.2 Å². The van der Waals surface area contributed by atoms with Crippen LogP contribution in [-0.4, -0.2) is 30.5 Å². The fraction of sp³-hybridized carbons (Fsp3) is 0.300. The van der Waals surface area contributed by atoms with Crippen LogP contribution in [0.15, 0.2) is 32.7 Å². The molecule has 1 aromatic rings. The normalized spacial score (nSPS) is 11.8. The Morgan fingerprint density at radius 3 is 3.00 bits per heavy atom. The van der Waals surface area contributed by atoms with Crippen molar-refractivity contribution in [3.05, 3.63) is 28.2 Å². The molecule has 0 spiro atoms. The molecule has 0 saturated heterocycles.